The molecular weight excluding hydrogens is 240 g/mol. The Hall–Kier alpha value is 0.427. The van der Waals surface area contributed by atoms with Gasteiger partial charge in [-0.1, -0.05) is 52.1 Å². The minimum atomic E-state index is -1.82. The molecule has 0 aromatic heterocycles. The van der Waals surface area contributed by atoms with Crippen molar-refractivity contribution < 1.29 is 9.46 Å². The summed E-state index contributed by atoms with van der Waals surface area (Å²) in [5, 5.41) is 0.160. The normalized spacial score (nSPS) is 15.2. The minimum absolute atomic E-state index is 0.160. The van der Waals surface area contributed by atoms with Crippen LogP contribution in [0.3, 0.4) is 0 Å². The number of alkyl halides is 1. The smallest absolute Gasteiger partial charge is 0.238 e. The van der Waals surface area contributed by atoms with Gasteiger partial charge in [0.15, 0.2) is 5.56 Å². The molecule has 1 atom stereocenters. The molecule has 0 aliphatic carbocycles. The number of unbranched alkanes of at least 4 members (excludes halogenated alkanes) is 2. The molecule has 0 saturated heterocycles. The second-order valence-electron chi connectivity index (χ2n) is 5.85. The van der Waals surface area contributed by atoms with Crippen LogP contribution in [0.5, 0.6) is 0 Å². The van der Waals surface area contributed by atoms with Crippen molar-refractivity contribution in [2.24, 2.45) is 0 Å². The zero-order valence-corrected chi connectivity index (χ0v) is 13.4. The summed E-state index contributed by atoms with van der Waals surface area (Å²) in [6.07, 6.45) is 4.37. The van der Waals surface area contributed by atoms with Gasteiger partial charge in [0.05, 0.1) is 0 Å². The van der Waals surface area contributed by atoms with E-state index in [9.17, 15) is 0 Å². The molecule has 0 fully saturated rings. The maximum absolute atomic E-state index is 6.05. The van der Waals surface area contributed by atoms with Crippen LogP contribution >= 0.6 is 11.6 Å². The average molecular weight is 267 g/mol. The summed E-state index contributed by atoms with van der Waals surface area (Å²) >= 11 is 6.05. The molecule has 0 amide bonds. The number of hydrogen-bond donors (Lipinski definition) is 0. The van der Waals surface area contributed by atoms with Gasteiger partial charge in [-0.05, 0) is 31.0 Å². The van der Waals surface area contributed by atoms with Crippen LogP contribution in [0.4, 0.5) is 0 Å². The van der Waals surface area contributed by atoms with Crippen molar-refractivity contribution in [2.45, 2.75) is 77.1 Å². The highest BCUT2D eigenvalue weighted by molar-refractivity contribution is 6.73. The second kappa shape index (κ2) is 6.99. The van der Waals surface area contributed by atoms with E-state index in [0.29, 0.717) is 0 Å². The van der Waals surface area contributed by atoms with Crippen LogP contribution in [-0.2, 0) is 9.46 Å². The monoisotopic (exact) mass is 266 g/mol. The van der Waals surface area contributed by atoms with Gasteiger partial charge >= 0.3 is 0 Å². The van der Waals surface area contributed by atoms with Crippen molar-refractivity contribution in [2.75, 3.05) is 0 Å². The highest BCUT2D eigenvalue weighted by Gasteiger charge is 2.39. The van der Waals surface area contributed by atoms with Gasteiger partial charge in [-0.25, -0.2) is 4.89 Å². The fourth-order valence-electron chi connectivity index (χ4n) is 0.900. The van der Waals surface area contributed by atoms with E-state index in [2.05, 4.69) is 40.8 Å². The largest absolute Gasteiger partial charge is 0.285 e. The van der Waals surface area contributed by atoms with E-state index in [1.54, 1.807) is 0 Å². The Bertz CT molecular complexity index is 190. The molecule has 0 aliphatic rings. The average Bonchev–Trinajstić information content (AvgIpc) is 2.13. The van der Waals surface area contributed by atoms with E-state index in [1.807, 2.05) is 0 Å². The van der Waals surface area contributed by atoms with Gasteiger partial charge in [-0.3, -0.25) is 4.58 Å². The summed E-state index contributed by atoms with van der Waals surface area (Å²) in [7, 11) is -1.82. The van der Waals surface area contributed by atoms with Crippen LogP contribution in [0.1, 0.15) is 53.4 Å². The molecule has 4 heteroatoms. The Balaban J connectivity index is 3.86. The minimum Gasteiger partial charge on any atom is -0.285 e. The fraction of sp³-hybridized carbons (Fsp3) is 1.00. The lowest BCUT2D eigenvalue weighted by atomic mass is 10.2. The molecular formula is C12H27ClO2Si. The van der Waals surface area contributed by atoms with Gasteiger partial charge in [0.25, 0.3) is 0 Å². The number of hydrogen-bond acceptors (Lipinski definition) is 2. The molecule has 0 radical (unpaired) electrons. The molecule has 0 bridgehead atoms. The van der Waals surface area contributed by atoms with Gasteiger partial charge in [0, 0.05) is 0 Å². The van der Waals surface area contributed by atoms with Crippen LogP contribution in [0, 0.1) is 0 Å². The highest BCUT2D eigenvalue weighted by atomic mass is 35.5. The van der Waals surface area contributed by atoms with Crippen molar-refractivity contribution in [1.29, 1.82) is 0 Å². The molecule has 16 heavy (non-hydrogen) atoms. The predicted molar refractivity (Wildman–Crippen MR) is 73.2 cm³/mol. The van der Waals surface area contributed by atoms with Crippen molar-refractivity contribution in [3.8, 4) is 0 Å². The number of halogens is 1. The lowest BCUT2D eigenvalue weighted by Gasteiger charge is -2.34. The van der Waals surface area contributed by atoms with Crippen LogP contribution in [-0.4, -0.2) is 13.9 Å². The quantitative estimate of drug-likeness (QED) is 0.210. The third kappa shape index (κ3) is 6.23. The predicted octanol–water partition coefficient (Wildman–Crippen LogP) is 5.09. The van der Waals surface area contributed by atoms with Gasteiger partial charge in [-0.15, -0.1) is 0 Å². The molecule has 0 aromatic rings. The summed E-state index contributed by atoms with van der Waals surface area (Å²) < 4.78 is 5.59. The standard InChI is InChI=1S/C12H27ClO2Si/c1-7-8-9-10-11(13)14-15-16(5,6)12(2,3)4/h11H,7-10H2,1-6H3. The molecule has 0 rings (SSSR count). The molecule has 0 N–H and O–H groups in total. The summed E-state index contributed by atoms with van der Waals surface area (Å²) in [4.78, 5) is 5.31. The number of rotatable bonds is 7. The summed E-state index contributed by atoms with van der Waals surface area (Å²) in [5.41, 5.74) is -0.305. The van der Waals surface area contributed by atoms with E-state index < -0.39 is 8.32 Å². The van der Waals surface area contributed by atoms with Gasteiger partial charge in [0.2, 0.25) is 8.32 Å². The third-order valence-electron chi connectivity index (χ3n) is 3.20. The van der Waals surface area contributed by atoms with Crippen molar-refractivity contribution in [3.63, 3.8) is 0 Å². The van der Waals surface area contributed by atoms with E-state index in [1.165, 1.54) is 12.8 Å². The lowest BCUT2D eigenvalue weighted by molar-refractivity contribution is -0.236. The second-order valence-corrected chi connectivity index (χ2v) is 11.0. The highest BCUT2D eigenvalue weighted by Crippen LogP contribution is 2.37. The molecule has 98 valence electrons. The summed E-state index contributed by atoms with van der Waals surface area (Å²) in [5.74, 6) is 0. The zero-order chi connectivity index (χ0) is 12.8. The van der Waals surface area contributed by atoms with Gasteiger partial charge < -0.3 is 0 Å². The van der Waals surface area contributed by atoms with Crippen molar-refractivity contribution >= 4 is 19.9 Å². The van der Waals surface area contributed by atoms with Crippen molar-refractivity contribution in [3.05, 3.63) is 0 Å². The molecule has 2 nitrogen and oxygen atoms in total. The Morgan fingerprint density at radius 2 is 1.75 bits per heavy atom. The first-order valence-corrected chi connectivity index (χ1v) is 9.53. The van der Waals surface area contributed by atoms with Crippen LogP contribution in [0.25, 0.3) is 0 Å². The summed E-state index contributed by atoms with van der Waals surface area (Å²) in [6, 6.07) is 0. The first kappa shape index (κ1) is 16.4. The van der Waals surface area contributed by atoms with Gasteiger partial charge in [-0.2, -0.15) is 0 Å². The SMILES string of the molecule is CCCCCC(Cl)OO[Si](C)(C)C(C)(C)C. The lowest BCUT2D eigenvalue weighted by Crippen LogP contribution is -2.41. The Morgan fingerprint density at radius 3 is 2.19 bits per heavy atom. The molecule has 0 saturated carbocycles. The van der Waals surface area contributed by atoms with Crippen LogP contribution < -0.4 is 0 Å². The Kier molecular flexibility index (Phi) is 7.18. The van der Waals surface area contributed by atoms with Crippen LogP contribution in [0.15, 0.2) is 0 Å². The molecule has 0 heterocycles. The zero-order valence-electron chi connectivity index (χ0n) is 11.6. The first-order chi connectivity index (χ1) is 7.20. The van der Waals surface area contributed by atoms with Crippen LogP contribution in [0.2, 0.25) is 18.1 Å². The third-order valence-corrected chi connectivity index (χ3v) is 7.62. The van der Waals surface area contributed by atoms with E-state index in [0.717, 1.165) is 12.8 Å². The van der Waals surface area contributed by atoms with Gasteiger partial charge in [0.1, 0.15) is 0 Å². The topological polar surface area (TPSA) is 18.5 Å². The maximum atomic E-state index is 6.05. The van der Waals surface area contributed by atoms with Crippen molar-refractivity contribution in [1.82, 2.24) is 0 Å². The Labute approximate surface area is 107 Å². The molecule has 0 spiro atoms. The maximum Gasteiger partial charge on any atom is 0.238 e. The first-order valence-electron chi connectivity index (χ1n) is 6.19. The Morgan fingerprint density at radius 1 is 1.19 bits per heavy atom. The molecule has 1 unspecified atom stereocenters. The summed E-state index contributed by atoms with van der Waals surface area (Å²) in [6.45, 7) is 13.0. The van der Waals surface area contributed by atoms with E-state index >= 15 is 0 Å². The van der Waals surface area contributed by atoms with E-state index in [-0.39, 0.29) is 10.6 Å². The molecule has 0 aromatic carbocycles. The van der Waals surface area contributed by atoms with E-state index in [4.69, 9.17) is 21.1 Å². The fourth-order valence-corrected chi connectivity index (χ4v) is 1.76. The molecule has 0 aliphatic heterocycles.